The van der Waals surface area contributed by atoms with E-state index < -0.39 is 15.7 Å². The predicted octanol–water partition coefficient (Wildman–Crippen LogP) is 2.14. The molecule has 0 aromatic heterocycles. The van der Waals surface area contributed by atoms with E-state index in [1.165, 1.54) is 0 Å². The van der Waals surface area contributed by atoms with E-state index in [0.717, 1.165) is 19.1 Å². The molecule has 122 valence electrons. The van der Waals surface area contributed by atoms with Gasteiger partial charge in [0.1, 0.15) is 5.60 Å². The van der Waals surface area contributed by atoms with Crippen molar-refractivity contribution in [2.45, 2.75) is 58.2 Å². The van der Waals surface area contributed by atoms with Crippen LogP contribution < -0.4 is 0 Å². The van der Waals surface area contributed by atoms with Crippen molar-refractivity contribution >= 4 is 16.2 Å². The molecule has 6 nitrogen and oxygen atoms in total. The van der Waals surface area contributed by atoms with E-state index in [4.69, 9.17) is 8.92 Å². The van der Waals surface area contributed by atoms with Crippen LogP contribution in [0.5, 0.6) is 0 Å². The monoisotopic (exact) mass is 319 g/mol. The van der Waals surface area contributed by atoms with Crippen LogP contribution in [0.1, 0.15) is 46.5 Å². The molecule has 1 aliphatic carbocycles. The quantitative estimate of drug-likeness (QED) is 0.729. The summed E-state index contributed by atoms with van der Waals surface area (Å²) in [7, 11) is -3.40. The van der Waals surface area contributed by atoms with Gasteiger partial charge < -0.3 is 9.64 Å². The Morgan fingerprint density at radius 3 is 2.43 bits per heavy atom. The highest BCUT2D eigenvalue weighted by atomic mass is 32.2. The lowest BCUT2D eigenvalue weighted by molar-refractivity contribution is -0.0641. The molecule has 0 N–H and O–H groups in total. The number of piperidine rings is 1. The molecule has 1 spiro atoms. The number of hydrogen-bond acceptors (Lipinski definition) is 5. The van der Waals surface area contributed by atoms with Gasteiger partial charge in [-0.15, -0.1) is 0 Å². The lowest BCUT2D eigenvalue weighted by Crippen LogP contribution is -2.55. The van der Waals surface area contributed by atoms with Crippen LogP contribution in [-0.4, -0.2) is 50.5 Å². The van der Waals surface area contributed by atoms with Gasteiger partial charge >= 0.3 is 6.09 Å². The largest absolute Gasteiger partial charge is 0.444 e. The summed E-state index contributed by atoms with van der Waals surface area (Å²) in [4.78, 5) is 13.9. The molecule has 0 bridgehead atoms. The summed E-state index contributed by atoms with van der Waals surface area (Å²) in [6, 6.07) is 0. The van der Waals surface area contributed by atoms with Crippen molar-refractivity contribution in [2.75, 3.05) is 19.3 Å². The molecule has 1 aliphatic heterocycles. The van der Waals surface area contributed by atoms with Crippen LogP contribution in [0.4, 0.5) is 4.79 Å². The zero-order valence-corrected chi connectivity index (χ0v) is 14.0. The Morgan fingerprint density at radius 2 is 1.90 bits per heavy atom. The van der Waals surface area contributed by atoms with Gasteiger partial charge in [0, 0.05) is 13.1 Å². The average molecular weight is 319 g/mol. The van der Waals surface area contributed by atoms with E-state index in [0.29, 0.717) is 25.9 Å². The molecule has 0 aromatic carbocycles. The molecule has 2 rings (SSSR count). The first-order chi connectivity index (χ1) is 9.48. The zero-order chi connectivity index (χ0) is 15.9. The summed E-state index contributed by atoms with van der Waals surface area (Å²) in [6.45, 7) is 6.89. The fraction of sp³-hybridized carbons (Fsp3) is 0.929. The molecule has 7 heteroatoms. The van der Waals surface area contributed by atoms with Gasteiger partial charge in [-0.3, -0.25) is 4.18 Å². The van der Waals surface area contributed by atoms with Gasteiger partial charge in [-0.1, -0.05) is 0 Å². The first-order valence-electron chi connectivity index (χ1n) is 7.34. The molecular weight excluding hydrogens is 294 g/mol. The fourth-order valence-corrected chi connectivity index (χ4v) is 3.88. The third-order valence-electron chi connectivity index (χ3n) is 3.95. The topological polar surface area (TPSA) is 72.9 Å². The summed E-state index contributed by atoms with van der Waals surface area (Å²) in [6.07, 6.45) is 3.87. The second-order valence-electron chi connectivity index (χ2n) is 7.34. The molecule has 1 heterocycles. The molecule has 0 radical (unpaired) electrons. The van der Waals surface area contributed by atoms with E-state index in [1.807, 2.05) is 20.8 Å². The Balaban J connectivity index is 1.89. The van der Waals surface area contributed by atoms with E-state index in [9.17, 15) is 13.2 Å². The summed E-state index contributed by atoms with van der Waals surface area (Å²) in [5.41, 5.74) is -0.492. The maximum Gasteiger partial charge on any atom is 0.410 e. The van der Waals surface area contributed by atoms with Crippen LogP contribution in [0.25, 0.3) is 0 Å². The highest BCUT2D eigenvalue weighted by Gasteiger charge is 2.49. The average Bonchev–Trinajstić information content (AvgIpc) is 2.23. The van der Waals surface area contributed by atoms with Gasteiger partial charge in [0.15, 0.2) is 0 Å². The van der Waals surface area contributed by atoms with Crippen molar-refractivity contribution in [3.8, 4) is 0 Å². The van der Waals surface area contributed by atoms with Crippen LogP contribution in [0.2, 0.25) is 0 Å². The van der Waals surface area contributed by atoms with Crippen molar-refractivity contribution in [3.63, 3.8) is 0 Å². The lowest BCUT2D eigenvalue weighted by Gasteiger charge is -2.51. The third-order valence-corrected chi connectivity index (χ3v) is 4.57. The van der Waals surface area contributed by atoms with Crippen molar-refractivity contribution in [3.05, 3.63) is 0 Å². The first-order valence-corrected chi connectivity index (χ1v) is 9.16. The van der Waals surface area contributed by atoms with Crippen LogP contribution in [-0.2, 0) is 19.0 Å². The molecule has 1 saturated carbocycles. The number of nitrogens with zero attached hydrogens (tertiary/aromatic N) is 1. The third kappa shape index (κ3) is 4.57. The number of likely N-dealkylation sites (tertiary alicyclic amines) is 1. The minimum Gasteiger partial charge on any atom is -0.444 e. The second kappa shape index (κ2) is 5.43. The van der Waals surface area contributed by atoms with E-state index in [2.05, 4.69) is 0 Å². The maximum atomic E-state index is 12.1. The Kier molecular flexibility index (Phi) is 4.28. The number of carbonyl (C=O) groups is 1. The van der Waals surface area contributed by atoms with Crippen LogP contribution in [0.15, 0.2) is 0 Å². The Labute approximate surface area is 126 Å². The zero-order valence-electron chi connectivity index (χ0n) is 13.2. The molecular formula is C14H25NO5S. The van der Waals surface area contributed by atoms with E-state index >= 15 is 0 Å². The van der Waals surface area contributed by atoms with Crippen molar-refractivity contribution in [1.82, 2.24) is 4.90 Å². The van der Waals surface area contributed by atoms with Crippen LogP contribution in [0.3, 0.4) is 0 Å². The number of amides is 1. The fourth-order valence-electron chi connectivity index (χ4n) is 3.24. The SMILES string of the molecule is CC(C)(C)OC(=O)N1CCCC2(CC(OS(C)(=O)=O)C2)C1. The number of ether oxygens (including phenoxy) is 1. The molecule has 0 unspecified atom stereocenters. The highest BCUT2D eigenvalue weighted by molar-refractivity contribution is 7.86. The molecule has 1 saturated heterocycles. The summed E-state index contributed by atoms with van der Waals surface area (Å²) < 4.78 is 32.7. The van der Waals surface area contributed by atoms with E-state index in [-0.39, 0.29) is 17.6 Å². The molecule has 21 heavy (non-hydrogen) atoms. The minimum absolute atomic E-state index is 0.00448. The maximum absolute atomic E-state index is 12.1. The normalized spacial score (nSPS) is 30.1. The number of hydrogen-bond donors (Lipinski definition) is 0. The summed E-state index contributed by atoms with van der Waals surface area (Å²) >= 11 is 0. The highest BCUT2D eigenvalue weighted by Crippen LogP contribution is 2.49. The predicted molar refractivity (Wildman–Crippen MR) is 78.4 cm³/mol. The first kappa shape index (κ1) is 16.5. The smallest absolute Gasteiger partial charge is 0.410 e. The molecule has 0 aromatic rings. The van der Waals surface area contributed by atoms with E-state index in [1.54, 1.807) is 4.90 Å². The van der Waals surface area contributed by atoms with Gasteiger partial charge in [0.2, 0.25) is 0 Å². The standard InChI is InChI=1S/C14H25NO5S/c1-13(2,3)19-12(16)15-7-5-6-14(10-15)8-11(9-14)20-21(4,17)18/h11H,5-10H2,1-4H3. The Morgan fingerprint density at radius 1 is 1.29 bits per heavy atom. The molecule has 2 fully saturated rings. The lowest BCUT2D eigenvalue weighted by atomic mass is 9.62. The van der Waals surface area contributed by atoms with Gasteiger partial charge in [-0.25, -0.2) is 4.79 Å². The van der Waals surface area contributed by atoms with Crippen molar-refractivity contribution in [1.29, 1.82) is 0 Å². The number of rotatable bonds is 2. The summed E-state index contributed by atoms with van der Waals surface area (Å²) in [5.74, 6) is 0. The van der Waals surface area contributed by atoms with Crippen molar-refractivity contribution in [2.24, 2.45) is 5.41 Å². The Hall–Kier alpha value is -0.820. The van der Waals surface area contributed by atoms with Crippen LogP contribution >= 0.6 is 0 Å². The van der Waals surface area contributed by atoms with Crippen molar-refractivity contribution < 1.29 is 22.1 Å². The molecule has 1 amide bonds. The van der Waals surface area contributed by atoms with Crippen LogP contribution in [0, 0.1) is 5.41 Å². The minimum atomic E-state index is -3.40. The molecule has 2 aliphatic rings. The second-order valence-corrected chi connectivity index (χ2v) is 8.94. The molecule has 0 atom stereocenters. The van der Waals surface area contributed by atoms with Gasteiger partial charge in [0.25, 0.3) is 10.1 Å². The summed E-state index contributed by atoms with van der Waals surface area (Å²) in [5, 5.41) is 0. The number of carbonyl (C=O) groups excluding carboxylic acids is 1. The Bertz CT molecular complexity index is 502. The van der Waals surface area contributed by atoms with Gasteiger partial charge in [0.05, 0.1) is 12.4 Å². The van der Waals surface area contributed by atoms with Gasteiger partial charge in [-0.05, 0) is 51.9 Å². The van der Waals surface area contributed by atoms with Gasteiger partial charge in [-0.2, -0.15) is 8.42 Å².